The van der Waals surface area contributed by atoms with Gasteiger partial charge in [0.05, 0.1) is 18.8 Å². The highest BCUT2D eigenvalue weighted by molar-refractivity contribution is 7.15. The Hall–Kier alpha value is -1.34. The quantitative estimate of drug-likeness (QED) is 0.699. The lowest BCUT2D eigenvalue weighted by molar-refractivity contribution is 0.0950. The number of hydrogen-bond acceptors (Lipinski definition) is 6. The first-order chi connectivity index (χ1) is 8.17. The highest BCUT2D eigenvalue weighted by Crippen LogP contribution is 2.34. The maximum absolute atomic E-state index is 11.6. The molecule has 0 saturated carbocycles. The molecule has 2 atom stereocenters. The van der Waals surface area contributed by atoms with Gasteiger partial charge in [0.1, 0.15) is 0 Å². The number of carbonyl (C=O) groups is 1. The van der Waals surface area contributed by atoms with Crippen LogP contribution in [-0.2, 0) is 11.2 Å². The monoisotopic (exact) mass is 254 g/mol. The smallest absolute Gasteiger partial charge is 0.409 e. The molecule has 0 radical (unpaired) electrons. The lowest BCUT2D eigenvalue weighted by Gasteiger charge is -2.40. The fourth-order valence-corrected chi connectivity index (χ4v) is 3.46. The second-order valence-electron chi connectivity index (χ2n) is 4.36. The topological polar surface area (TPSA) is 80.5 Å². The molecular weight excluding hydrogens is 240 g/mol. The zero-order valence-electron chi connectivity index (χ0n) is 9.47. The van der Waals surface area contributed by atoms with Gasteiger partial charge in [0.15, 0.2) is 5.13 Å². The summed E-state index contributed by atoms with van der Waals surface area (Å²) in [7, 11) is 1.41. The van der Waals surface area contributed by atoms with Crippen LogP contribution in [0.1, 0.15) is 16.6 Å². The number of rotatable bonds is 0. The molecule has 3 N–H and O–H groups in total. The summed E-state index contributed by atoms with van der Waals surface area (Å²) in [6.45, 7) is 1.29. The number of amides is 1. The predicted molar refractivity (Wildman–Crippen MR) is 63.9 cm³/mol. The highest BCUT2D eigenvalue weighted by atomic mass is 32.1. The molecular formula is C10H14N4O2S. The molecule has 3 heterocycles. The third kappa shape index (κ3) is 1.75. The van der Waals surface area contributed by atoms with Crippen LogP contribution in [0.3, 0.4) is 0 Å². The first-order valence-electron chi connectivity index (χ1n) is 5.51. The fourth-order valence-electron chi connectivity index (χ4n) is 2.55. The zero-order chi connectivity index (χ0) is 12.0. The van der Waals surface area contributed by atoms with Crippen molar-refractivity contribution in [3.63, 3.8) is 0 Å². The Kier molecular flexibility index (Phi) is 2.44. The number of ether oxygens (including phenoxy) is 1. The second-order valence-corrected chi connectivity index (χ2v) is 5.42. The molecule has 3 rings (SSSR count). The predicted octanol–water partition coefficient (Wildman–Crippen LogP) is 0.363. The summed E-state index contributed by atoms with van der Waals surface area (Å²) in [4.78, 5) is 18.8. The number of carbonyl (C=O) groups excluding carboxylic acids is 1. The van der Waals surface area contributed by atoms with E-state index in [4.69, 9.17) is 10.5 Å². The van der Waals surface area contributed by atoms with Gasteiger partial charge in [-0.25, -0.2) is 9.78 Å². The van der Waals surface area contributed by atoms with E-state index in [9.17, 15) is 4.79 Å². The molecule has 1 aromatic rings. The molecule has 6 nitrogen and oxygen atoms in total. The number of aromatic nitrogens is 1. The number of nitrogen functional groups attached to an aromatic ring is 1. The minimum absolute atomic E-state index is 0.145. The van der Waals surface area contributed by atoms with Crippen molar-refractivity contribution in [3.8, 4) is 0 Å². The number of piperazine rings is 1. The second kappa shape index (κ2) is 3.85. The van der Waals surface area contributed by atoms with Gasteiger partial charge in [0.2, 0.25) is 0 Å². The summed E-state index contributed by atoms with van der Waals surface area (Å²) in [5, 5.41) is 4.10. The Morgan fingerprint density at radius 1 is 1.65 bits per heavy atom. The largest absolute Gasteiger partial charge is 0.453 e. The van der Waals surface area contributed by atoms with Crippen LogP contribution in [0.5, 0.6) is 0 Å². The third-order valence-corrected chi connectivity index (χ3v) is 4.25. The Morgan fingerprint density at radius 2 is 2.47 bits per heavy atom. The van der Waals surface area contributed by atoms with Gasteiger partial charge in [-0.05, 0) is 0 Å². The van der Waals surface area contributed by atoms with Gasteiger partial charge in [0.25, 0.3) is 0 Å². The number of thiazole rings is 1. The average Bonchev–Trinajstić information content (AvgIpc) is 2.68. The maximum atomic E-state index is 11.6. The molecule has 1 aromatic heterocycles. The van der Waals surface area contributed by atoms with Crippen LogP contribution in [0.4, 0.5) is 9.93 Å². The summed E-state index contributed by atoms with van der Waals surface area (Å²) < 4.78 is 4.77. The van der Waals surface area contributed by atoms with E-state index in [0.717, 1.165) is 17.0 Å². The summed E-state index contributed by atoms with van der Waals surface area (Å²) in [5.74, 6) is 0. The Balaban J connectivity index is 1.88. The normalized spacial score (nSPS) is 26.5. The first kappa shape index (κ1) is 10.8. The van der Waals surface area contributed by atoms with E-state index in [2.05, 4.69) is 10.3 Å². The van der Waals surface area contributed by atoms with Gasteiger partial charge in [-0.3, -0.25) is 0 Å². The van der Waals surface area contributed by atoms with Crippen LogP contribution >= 0.6 is 11.3 Å². The molecule has 7 heteroatoms. The molecule has 2 aliphatic rings. The van der Waals surface area contributed by atoms with Crippen LogP contribution in [0.25, 0.3) is 0 Å². The fraction of sp³-hybridized carbons (Fsp3) is 0.600. The highest BCUT2D eigenvalue weighted by Gasteiger charge is 2.37. The molecule has 2 unspecified atom stereocenters. The van der Waals surface area contributed by atoms with Gasteiger partial charge in [-0.2, -0.15) is 0 Å². The summed E-state index contributed by atoms with van der Waals surface area (Å²) in [6.07, 6.45) is 0.565. The average molecular weight is 254 g/mol. The lowest BCUT2D eigenvalue weighted by atomic mass is 9.97. The molecule has 92 valence electrons. The van der Waals surface area contributed by atoms with Gasteiger partial charge in [0, 0.05) is 30.4 Å². The summed E-state index contributed by atoms with van der Waals surface area (Å²) in [6, 6.07) is 0.397. The molecule has 0 aliphatic carbocycles. The summed E-state index contributed by atoms with van der Waals surface area (Å²) in [5.41, 5.74) is 6.82. The van der Waals surface area contributed by atoms with E-state index < -0.39 is 0 Å². The molecule has 1 saturated heterocycles. The van der Waals surface area contributed by atoms with E-state index in [-0.39, 0.29) is 18.2 Å². The van der Waals surface area contributed by atoms with Crippen molar-refractivity contribution >= 4 is 22.6 Å². The SMILES string of the molecule is COC(=O)N1CC2Cc3nc(N)sc3C(C1)N2. The first-order valence-corrected chi connectivity index (χ1v) is 6.33. The Morgan fingerprint density at radius 3 is 3.24 bits per heavy atom. The van der Waals surface area contributed by atoms with Gasteiger partial charge >= 0.3 is 6.09 Å². The molecule has 1 fully saturated rings. The van der Waals surface area contributed by atoms with Crippen molar-refractivity contribution in [3.05, 3.63) is 10.6 Å². The van der Waals surface area contributed by atoms with Gasteiger partial charge in [-0.15, -0.1) is 11.3 Å². The zero-order valence-corrected chi connectivity index (χ0v) is 10.3. The van der Waals surface area contributed by atoms with Crippen molar-refractivity contribution in [2.45, 2.75) is 18.5 Å². The van der Waals surface area contributed by atoms with E-state index in [0.29, 0.717) is 18.2 Å². The van der Waals surface area contributed by atoms with E-state index >= 15 is 0 Å². The number of nitrogens with one attached hydrogen (secondary N) is 1. The van der Waals surface area contributed by atoms with Crippen molar-refractivity contribution in [1.29, 1.82) is 0 Å². The number of anilines is 1. The van der Waals surface area contributed by atoms with Crippen molar-refractivity contribution in [1.82, 2.24) is 15.2 Å². The Labute approximate surface area is 103 Å². The van der Waals surface area contributed by atoms with Crippen molar-refractivity contribution in [2.75, 3.05) is 25.9 Å². The van der Waals surface area contributed by atoms with Gasteiger partial charge in [-0.1, -0.05) is 0 Å². The van der Waals surface area contributed by atoms with Gasteiger partial charge < -0.3 is 20.7 Å². The number of nitrogens with zero attached hydrogens (tertiary/aromatic N) is 2. The standard InChI is InChI=1S/C10H14N4O2S/c1-16-10(15)14-3-5-2-6-8(7(4-14)12-5)17-9(11)13-6/h5,7,12H,2-4H2,1H3,(H2,11,13). The number of hydrogen-bond donors (Lipinski definition) is 2. The van der Waals surface area contributed by atoms with E-state index in [1.165, 1.54) is 18.4 Å². The maximum Gasteiger partial charge on any atom is 0.409 e. The minimum atomic E-state index is -0.262. The van der Waals surface area contributed by atoms with Crippen LogP contribution in [0.15, 0.2) is 0 Å². The van der Waals surface area contributed by atoms with E-state index in [1.54, 1.807) is 4.90 Å². The molecule has 1 amide bonds. The Bertz CT molecular complexity index is 461. The lowest BCUT2D eigenvalue weighted by Crippen LogP contribution is -2.56. The molecule has 0 aromatic carbocycles. The minimum Gasteiger partial charge on any atom is -0.453 e. The van der Waals surface area contributed by atoms with Crippen molar-refractivity contribution in [2.24, 2.45) is 0 Å². The molecule has 17 heavy (non-hydrogen) atoms. The third-order valence-electron chi connectivity index (χ3n) is 3.21. The molecule has 0 spiro atoms. The van der Waals surface area contributed by atoms with Crippen LogP contribution in [-0.4, -0.2) is 42.2 Å². The van der Waals surface area contributed by atoms with Crippen molar-refractivity contribution < 1.29 is 9.53 Å². The van der Waals surface area contributed by atoms with Crippen LogP contribution in [0, 0.1) is 0 Å². The number of nitrogens with two attached hydrogens (primary N) is 1. The number of fused-ring (bicyclic) bond motifs is 4. The van der Waals surface area contributed by atoms with Crippen LogP contribution in [0.2, 0.25) is 0 Å². The van der Waals surface area contributed by atoms with E-state index in [1.807, 2.05) is 0 Å². The summed E-state index contributed by atoms with van der Waals surface area (Å²) >= 11 is 1.51. The molecule has 2 bridgehead atoms. The number of methoxy groups -OCH3 is 1. The van der Waals surface area contributed by atoms with Crippen LogP contribution < -0.4 is 11.1 Å². The molecule has 2 aliphatic heterocycles.